The lowest BCUT2D eigenvalue weighted by atomic mass is 9.95. The van der Waals surface area contributed by atoms with E-state index in [2.05, 4.69) is 11.1 Å². The zero-order chi connectivity index (χ0) is 29.6. The molecule has 1 heterocycles. The molecule has 0 bridgehead atoms. The van der Waals surface area contributed by atoms with E-state index in [0.29, 0.717) is 28.5 Å². The Morgan fingerprint density at radius 3 is 2.54 bits per heavy atom. The topological polar surface area (TPSA) is 128 Å². The summed E-state index contributed by atoms with van der Waals surface area (Å²) in [5.74, 6) is -0.0628. The minimum Gasteiger partial charge on any atom is -0.476 e. The van der Waals surface area contributed by atoms with Crippen molar-refractivity contribution in [3.05, 3.63) is 77.8 Å². The van der Waals surface area contributed by atoms with Crippen molar-refractivity contribution < 1.29 is 27.9 Å². The van der Waals surface area contributed by atoms with E-state index < -0.39 is 22.1 Å². The van der Waals surface area contributed by atoms with Gasteiger partial charge in [0.1, 0.15) is 10.9 Å². The van der Waals surface area contributed by atoms with Gasteiger partial charge in [0, 0.05) is 18.0 Å². The fourth-order valence-corrected chi connectivity index (χ4v) is 6.52. The lowest BCUT2D eigenvalue weighted by molar-refractivity contribution is 0.0680. The molecule has 1 amide bonds. The van der Waals surface area contributed by atoms with Crippen LogP contribution < -0.4 is 4.72 Å². The minimum atomic E-state index is -4.20. The van der Waals surface area contributed by atoms with Crippen LogP contribution in [0.3, 0.4) is 0 Å². The summed E-state index contributed by atoms with van der Waals surface area (Å²) in [6, 6.07) is 13.7. The van der Waals surface area contributed by atoms with Crippen molar-refractivity contribution in [1.29, 1.82) is 0 Å². The Labute approximate surface area is 245 Å². The molecule has 11 heteroatoms. The highest BCUT2D eigenvalue weighted by Crippen LogP contribution is 2.30. The van der Waals surface area contributed by atoms with E-state index in [-0.39, 0.29) is 29.0 Å². The molecule has 0 fully saturated rings. The maximum atomic E-state index is 13.2. The van der Waals surface area contributed by atoms with Crippen molar-refractivity contribution in [3.8, 4) is 11.1 Å². The minimum absolute atomic E-state index is 0.0447. The Bertz CT molecular complexity index is 1530. The average Bonchev–Trinajstić information content (AvgIpc) is 3.35. The number of rotatable bonds is 11. The van der Waals surface area contributed by atoms with E-state index in [1.807, 2.05) is 43.0 Å². The summed E-state index contributed by atoms with van der Waals surface area (Å²) < 4.78 is 35.3. The van der Waals surface area contributed by atoms with E-state index in [1.165, 1.54) is 17.8 Å². The van der Waals surface area contributed by atoms with Crippen LogP contribution >= 0.6 is 11.8 Å². The van der Waals surface area contributed by atoms with Gasteiger partial charge in [0.05, 0.1) is 11.5 Å². The van der Waals surface area contributed by atoms with Gasteiger partial charge in [0.15, 0.2) is 5.69 Å². The smallest absolute Gasteiger partial charge is 0.421 e. The second-order valence-corrected chi connectivity index (χ2v) is 12.5. The average molecular weight is 598 g/mol. The lowest BCUT2D eigenvalue weighted by Gasteiger charge is -2.18. The van der Waals surface area contributed by atoms with Crippen LogP contribution in [0.25, 0.3) is 11.1 Å². The standard InChI is InChI=1S/C30H35N3O6S2/c1-4-20(2)27-31-28(40-3)26(29(34)35)33(27)18-21-14-16-23(17-15-21)24-12-8-9-13-25(24)41(37,38)32-30(36)39-19-22-10-6-5-7-11-22/h5-6,8-9,12-17,20,22H,4,7,10-11,18-19H2,1-3H3,(H,32,36)(H,34,35). The number of aromatic carboxylic acids is 1. The number of carbonyl (C=O) groups excluding carboxylic acids is 1. The number of sulfonamides is 1. The molecule has 1 aliphatic rings. The molecule has 1 aliphatic carbocycles. The SMILES string of the molecule is CCC(C)c1nc(SC)c(C(=O)O)n1Cc1ccc(-c2ccccc2S(=O)(=O)NC(=O)OCC2CC=CCC2)cc1. The third-order valence-corrected chi connectivity index (χ3v) is 9.28. The first-order chi connectivity index (χ1) is 19.6. The number of aromatic nitrogens is 2. The molecular weight excluding hydrogens is 562 g/mol. The van der Waals surface area contributed by atoms with Crippen LogP contribution in [0.2, 0.25) is 0 Å². The summed E-state index contributed by atoms with van der Waals surface area (Å²) in [7, 11) is -4.20. The normalized spacial score (nSPS) is 15.8. The van der Waals surface area contributed by atoms with E-state index in [1.54, 1.807) is 34.9 Å². The number of carbonyl (C=O) groups is 2. The molecule has 1 aromatic heterocycles. The first-order valence-electron chi connectivity index (χ1n) is 13.5. The van der Waals surface area contributed by atoms with Gasteiger partial charge in [-0.1, -0.05) is 68.5 Å². The van der Waals surface area contributed by atoms with Crippen molar-refractivity contribution in [2.45, 2.75) is 61.9 Å². The van der Waals surface area contributed by atoms with E-state index in [9.17, 15) is 23.1 Å². The molecule has 4 rings (SSSR count). The van der Waals surface area contributed by atoms with Crippen LogP contribution in [0.1, 0.15) is 67.3 Å². The fraction of sp³-hybridized carbons (Fsp3) is 0.367. The second kappa shape index (κ2) is 13.4. The van der Waals surface area contributed by atoms with Crippen molar-refractivity contribution >= 4 is 33.8 Å². The highest BCUT2D eigenvalue weighted by atomic mass is 32.2. The van der Waals surface area contributed by atoms with E-state index in [4.69, 9.17) is 4.74 Å². The largest absolute Gasteiger partial charge is 0.476 e. The van der Waals surface area contributed by atoms with E-state index >= 15 is 0 Å². The number of benzene rings is 2. The monoisotopic (exact) mass is 597 g/mol. The Morgan fingerprint density at radius 2 is 1.90 bits per heavy atom. The van der Waals surface area contributed by atoms with Gasteiger partial charge in [-0.25, -0.2) is 27.7 Å². The Hall–Kier alpha value is -3.57. The maximum Gasteiger partial charge on any atom is 0.421 e. The number of allylic oxidation sites excluding steroid dienone is 2. The van der Waals surface area contributed by atoms with Gasteiger partial charge in [0.2, 0.25) is 0 Å². The van der Waals surface area contributed by atoms with Crippen molar-refractivity contribution in [2.24, 2.45) is 5.92 Å². The van der Waals surface area contributed by atoms with Crippen molar-refractivity contribution in [1.82, 2.24) is 14.3 Å². The van der Waals surface area contributed by atoms with Crippen molar-refractivity contribution in [2.75, 3.05) is 12.9 Å². The van der Waals surface area contributed by atoms with Crippen molar-refractivity contribution in [3.63, 3.8) is 0 Å². The first kappa shape index (κ1) is 30.4. The molecule has 2 unspecified atom stereocenters. The summed E-state index contributed by atoms with van der Waals surface area (Å²) in [4.78, 5) is 29.0. The molecule has 2 atom stereocenters. The molecule has 0 aliphatic heterocycles. The number of nitrogens with one attached hydrogen (secondary N) is 1. The predicted octanol–water partition coefficient (Wildman–Crippen LogP) is 6.30. The van der Waals surface area contributed by atoms with Gasteiger partial charge >= 0.3 is 12.1 Å². The second-order valence-electron chi connectivity index (χ2n) is 10.1. The molecule has 2 aromatic carbocycles. The summed E-state index contributed by atoms with van der Waals surface area (Å²) in [5.41, 5.74) is 2.06. The summed E-state index contributed by atoms with van der Waals surface area (Å²) in [5, 5.41) is 10.4. The van der Waals surface area contributed by atoms with Gasteiger partial charge < -0.3 is 14.4 Å². The Balaban J connectivity index is 1.55. The quantitative estimate of drug-likeness (QED) is 0.195. The summed E-state index contributed by atoms with van der Waals surface area (Å²) in [6.45, 7) is 4.52. The highest BCUT2D eigenvalue weighted by Gasteiger charge is 2.26. The highest BCUT2D eigenvalue weighted by molar-refractivity contribution is 7.98. The third kappa shape index (κ3) is 7.20. The first-order valence-corrected chi connectivity index (χ1v) is 16.3. The Morgan fingerprint density at radius 1 is 1.17 bits per heavy atom. The van der Waals surface area contributed by atoms with E-state index in [0.717, 1.165) is 31.2 Å². The van der Waals surface area contributed by atoms with Crippen LogP contribution in [0.4, 0.5) is 4.79 Å². The lowest BCUT2D eigenvalue weighted by Crippen LogP contribution is -2.32. The number of hydrogen-bond donors (Lipinski definition) is 2. The van der Waals surface area contributed by atoms with Gasteiger partial charge in [-0.15, -0.1) is 11.8 Å². The molecule has 0 saturated carbocycles. The molecule has 0 spiro atoms. The fourth-order valence-electron chi connectivity index (χ4n) is 4.82. The number of imidazole rings is 1. The number of carboxylic acid groups (broad SMARTS) is 1. The molecule has 41 heavy (non-hydrogen) atoms. The number of carboxylic acids is 1. The molecule has 3 aromatic rings. The van der Waals surface area contributed by atoms with Gasteiger partial charge in [0.25, 0.3) is 10.0 Å². The van der Waals surface area contributed by atoms with Gasteiger partial charge in [-0.3, -0.25) is 0 Å². The van der Waals surface area contributed by atoms with Crippen LogP contribution in [0, 0.1) is 5.92 Å². The molecule has 0 radical (unpaired) electrons. The van der Waals surface area contributed by atoms with Crippen LogP contribution in [0.5, 0.6) is 0 Å². The number of hydrogen-bond acceptors (Lipinski definition) is 7. The van der Waals surface area contributed by atoms with Crippen LogP contribution in [-0.4, -0.2) is 48.0 Å². The maximum absolute atomic E-state index is 13.2. The molecule has 218 valence electrons. The zero-order valence-electron chi connectivity index (χ0n) is 23.4. The third-order valence-electron chi connectivity index (χ3n) is 7.24. The number of amides is 1. The van der Waals surface area contributed by atoms with Crippen LogP contribution in [-0.2, 0) is 21.3 Å². The molecular formula is C30H35N3O6S2. The van der Waals surface area contributed by atoms with Crippen LogP contribution in [0.15, 0.2) is 70.6 Å². The molecule has 2 N–H and O–H groups in total. The van der Waals surface area contributed by atoms with Gasteiger partial charge in [-0.05, 0) is 55.1 Å². The Kier molecular flexibility index (Phi) is 9.93. The summed E-state index contributed by atoms with van der Waals surface area (Å²) >= 11 is 1.30. The van der Waals surface area contributed by atoms with Gasteiger partial charge in [-0.2, -0.15) is 0 Å². The number of thioether (sulfide) groups is 1. The zero-order valence-corrected chi connectivity index (χ0v) is 25.0. The molecule has 9 nitrogen and oxygen atoms in total. The number of nitrogens with zero attached hydrogens (tertiary/aromatic N) is 2. The number of ether oxygens (including phenoxy) is 1. The molecule has 0 saturated heterocycles. The predicted molar refractivity (Wildman–Crippen MR) is 159 cm³/mol. The summed E-state index contributed by atoms with van der Waals surface area (Å²) in [6.07, 6.45) is 8.36.